The van der Waals surface area contributed by atoms with Gasteiger partial charge >= 0.3 is 0 Å². The Kier molecular flexibility index (Phi) is 1.44. The summed E-state index contributed by atoms with van der Waals surface area (Å²) in [6.45, 7) is 1.09. The van der Waals surface area contributed by atoms with E-state index in [4.69, 9.17) is 0 Å². The van der Waals surface area contributed by atoms with Crippen LogP contribution in [0.4, 0.5) is 0 Å². The highest BCUT2D eigenvalue weighted by Gasteiger charge is 2.14. The topological polar surface area (TPSA) is 49.7 Å². The number of sulfonamides is 1. The lowest BCUT2D eigenvalue weighted by Gasteiger charge is -2.08. The molecule has 0 aromatic heterocycles. The van der Waals surface area contributed by atoms with Crippen molar-refractivity contribution >= 4 is 16.4 Å². The normalized spacial score (nSPS) is 19.0. The Morgan fingerprint density at radius 3 is 2.56 bits per heavy atom. The molecule has 4 nitrogen and oxygen atoms in total. The van der Waals surface area contributed by atoms with Gasteiger partial charge in [-0.3, -0.25) is 9.30 Å². The first-order valence-electron chi connectivity index (χ1n) is 2.57. The van der Waals surface area contributed by atoms with Gasteiger partial charge in [0.1, 0.15) is 0 Å². The van der Waals surface area contributed by atoms with Crippen molar-refractivity contribution in [1.82, 2.24) is 4.31 Å². The molecule has 1 aliphatic heterocycles. The summed E-state index contributed by atoms with van der Waals surface area (Å²) in [5, 5.41) is 0. The van der Waals surface area contributed by atoms with Crippen molar-refractivity contribution in [1.29, 1.82) is 0 Å². The van der Waals surface area contributed by atoms with Gasteiger partial charge in [0.05, 0.1) is 25.7 Å². The summed E-state index contributed by atoms with van der Waals surface area (Å²) in [5.74, 6) is 0. The zero-order valence-electron chi connectivity index (χ0n) is 5.11. The van der Waals surface area contributed by atoms with Crippen LogP contribution in [0.5, 0.6) is 0 Å². The van der Waals surface area contributed by atoms with Gasteiger partial charge in [0.15, 0.2) is 0 Å². The van der Waals surface area contributed by atoms with E-state index in [2.05, 4.69) is 4.99 Å². The van der Waals surface area contributed by atoms with E-state index in [1.807, 2.05) is 0 Å². The molecule has 1 rings (SSSR count). The summed E-state index contributed by atoms with van der Waals surface area (Å²) >= 11 is 0. The molecule has 5 heteroatoms. The molecule has 52 valence electrons. The van der Waals surface area contributed by atoms with Gasteiger partial charge in [0, 0.05) is 0 Å². The maximum absolute atomic E-state index is 10.7. The Hall–Kier alpha value is -0.580. The average molecular weight is 148 g/mol. The van der Waals surface area contributed by atoms with Crippen molar-refractivity contribution in [3.63, 3.8) is 0 Å². The SMILES string of the molecule is CS(=O)(=O)N1C=NCC1. The van der Waals surface area contributed by atoms with Crippen LogP contribution >= 0.6 is 0 Å². The van der Waals surface area contributed by atoms with E-state index in [1.54, 1.807) is 0 Å². The summed E-state index contributed by atoms with van der Waals surface area (Å²) in [6.07, 6.45) is 2.53. The van der Waals surface area contributed by atoms with Crippen LogP contribution in [0.3, 0.4) is 0 Å². The van der Waals surface area contributed by atoms with Gasteiger partial charge in [-0.1, -0.05) is 0 Å². The first-order valence-corrected chi connectivity index (χ1v) is 4.42. The monoisotopic (exact) mass is 148 g/mol. The number of hydrogen-bond donors (Lipinski definition) is 0. The molecule has 1 aliphatic rings. The third-order valence-electron chi connectivity index (χ3n) is 1.09. The Balaban J connectivity index is 2.76. The van der Waals surface area contributed by atoms with Crippen LogP contribution in [0, 0.1) is 0 Å². The Morgan fingerprint density at radius 1 is 1.67 bits per heavy atom. The molecule has 0 saturated carbocycles. The fraction of sp³-hybridized carbons (Fsp3) is 0.750. The fourth-order valence-electron chi connectivity index (χ4n) is 0.614. The quantitative estimate of drug-likeness (QED) is 0.493. The molecule has 9 heavy (non-hydrogen) atoms. The second-order valence-corrected chi connectivity index (χ2v) is 3.83. The fourth-order valence-corrected chi connectivity index (χ4v) is 1.27. The molecule has 0 saturated heterocycles. The average Bonchev–Trinajstić information content (AvgIpc) is 2.08. The molecule has 0 atom stereocenters. The van der Waals surface area contributed by atoms with Crippen LogP contribution < -0.4 is 0 Å². The molecule has 0 radical (unpaired) electrons. The van der Waals surface area contributed by atoms with Crippen molar-refractivity contribution < 1.29 is 8.42 Å². The molecule has 0 fully saturated rings. The van der Waals surface area contributed by atoms with Gasteiger partial charge in [-0.25, -0.2) is 8.42 Å². The highest BCUT2D eigenvalue weighted by atomic mass is 32.2. The summed E-state index contributed by atoms with van der Waals surface area (Å²) in [6, 6.07) is 0. The van der Waals surface area contributed by atoms with Crippen LogP contribution in [-0.2, 0) is 10.0 Å². The molecule has 0 amide bonds. The lowest BCUT2D eigenvalue weighted by molar-refractivity contribution is 0.548. The minimum atomic E-state index is -3.02. The molecule has 1 heterocycles. The highest BCUT2D eigenvalue weighted by Crippen LogP contribution is 1.98. The van der Waals surface area contributed by atoms with Crippen LogP contribution in [0.1, 0.15) is 0 Å². The van der Waals surface area contributed by atoms with Crippen molar-refractivity contribution in [2.45, 2.75) is 0 Å². The smallest absolute Gasteiger partial charge is 0.233 e. The predicted molar refractivity (Wildman–Crippen MR) is 34.9 cm³/mol. The molecule has 0 spiro atoms. The van der Waals surface area contributed by atoms with E-state index in [0.29, 0.717) is 13.1 Å². The summed E-state index contributed by atoms with van der Waals surface area (Å²) in [7, 11) is -3.02. The van der Waals surface area contributed by atoms with E-state index in [0.717, 1.165) is 0 Å². The third-order valence-corrected chi connectivity index (χ3v) is 2.21. The van der Waals surface area contributed by atoms with Gasteiger partial charge in [-0.05, 0) is 0 Å². The molecular formula is C4H8N2O2S. The highest BCUT2D eigenvalue weighted by molar-refractivity contribution is 7.88. The predicted octanol–water partition coefficient (Wildman–Crippen LogP) is -0.710. The standard InChI is InChI=1S/C4H8N2O2S/c1-9(7,8)6-3-2-5-4-6/h4H,2-3H2,1H3. The summed E-state index contributed by atoms with van der Waals surface area (Å²) in [4.78, 5) is 3.75. The first kappa shape index (κ1) is 6.54. The molecule has 0 aromatic carbocycles. The minimum absolute atomic E-state index is 0.499. The van der Waals surface area contributed by atoms with Crippen molar-refractivity contribution in [2.24, 2.45) is 4.99 Å². The van der Waals surface area contributed by atoms with Crippen molar-refractivity contribution in [3.05, 3.63) is 0 Å². The summed E-state index contributed by atoms with van der Waals surface area (Å²) < 4.78 is 22.6. The van der Waals surface area contributed by atoms with Crippen LogP contribution in [0.15, 0.2) is 4.99 Å². The lowest BCUT2D eigenvalue weighted by atomic mass is 10.7. The Morgan fingerprint density at radius 2 is 2.33 bits per heavy atom. The maximum atomic E-state index is 10.7. The van der Waals surface area contributed by atoms with E-state index in [1.165, 1.54) is 16.9 Å². The van der Waals surface area contributed by atoms with E-state index >= 15 is 0 Å². The zero-order chi connectivity index (χ0) is 6.91. The summed E-state index contributed by atoms with van der Waals surface area (Å²) in [5.41, 5.74) is 0. The molecule has 0 unspecified atom stereocenters. The van der Waals surface area contributed by atoms with Gasteiger partial charge < -0.3 is 0 Å². The lowest BCUT2D eigenvalue weighted by Crippen LogP contribution is -2.26. The molecular weight excluding hydrogens is 140 g/mol. The zero-order valence-corrected chi connectivity index (χ0v) is 5.93. The van der Waals surface area contributed by atoms with Crippen LogP contribution in [-0.4, -0.2) is 38.4 Å². The number of rotatable bonds is 1. The number of nitrogens with zero attached hydrogens (tertiary/aromatic N) is 2. The van der Waals surface area contributed by atoms with Gasteiger partial charge in [0.2, 0.25) is 10.0 Å². The molecule has 0 bridgehead atoms. The van der Waals surface area contributed by atoms with Gasteiger partial charge in [-0.15, -0.1) is 0 Å². The second-order valence-electron chi connectivity index (χ2n) is 1.90. The number of aliphatic imine (C=N–C) groups is 1. The van der Waals surface area contributed by atoms with Gasteiger partial charge in [0.25, 0.3) is 0 Å². The Labute approximate surface area is 54.2 Å². The largest absolute Gasteiger partial charge is 0.273 e. The minimum Gasteiger partial charge on any atom is -0.273 e. The molecule has 0 aliphatic carbocycles. The maximum Gasteiger partial charge on any atom is 0.233 e. The van der Waals surface area contributed by atoms with E-state index in [9.17, 15) is 8.42 Å². The third kappa shape index (κ3) is 1.41. The van der Waals surface area contributed by atoms with E-state index < -0.39 is 10.0 Å². The Bertz CT molecular complexity index is 219. The molecule has 0 N–H and O–H groups in total. The van der Waals surface area contributed by atoms with E-state index in [-0.39, 0.29) is 0 Å². The van der Waals surface area contributed by atoms with Crippen LogP contribution in [0.2, 0.25) is 0 Å². The first-order chi connectivity index (χ1) is 4.11. The van der Waals surface area contributed by atoms with Crippen LogP contribution in [0.25, 0.3) is 0 Å². The van der Waals surface area contributed by atoms with Crippen molar-refractivity contribution in [3.8, 4) is 0 Å². The number of hydrogen-bond acceptors (Lipinski definition) is 3. The molecule has 0 aromatic rings. The second kappa shape index (κ2) is 1.98. The van der Waals surface area contributed by atoms with Crippen molar-refractivity contribution in [2.75, 3.05) is 19.3 Å². The van der Waals surface area contributed by atoms with Gasteiger partial charge in [-0.2, -0.15) is 0 Å².